The number of halogens is 3. The summed E-state index contributed by atoms with van der Waals surface area (Å²) in [5.41, 5.74) is -0.0978. The molecule has 8 heteroatoms. The maximum atomic E-state index is 13.2. The van der Waals surface area contributed by atoms with Crippen molar-refractivity contribution in [3.05, 3.63) is 41.6 Å². The van der Waals surface area contributed by atoms with E-state index in [9.17, 15) is 13.2 Å². The zero-order valence-corrected chi connectivity index (χ0v) is 12.4. The Bertz CT molecular complexity index is 723. The van der Waals surface area contributed by atoms with Crippen LogP contribution in [0.25, 0.3) is 0 Å². The van der Waals surface area contributed by atoms with E-state index >= 15 is 0 Å². The minimum Gasteiger partial charge on any atom is -0.464 e. The van der Waals surface area contributed by atoms with Crippen molar-refractivity contribution in [3.8, 4) is 12.1 Å². The molecule has 5 nitrogen and oxygen atoms in total. The second-order valence-corrected chi connectivity index (χ2v) is 4.54. The van der Waals surface area contributed by atoms with Crippen molar-refractivity contribution < 1.29 is 17.9 Å². The molecule has 0 N–H and O–H groups in total. The minimum atomic E-state index is -4.60. The van der Waals surface area contributed by atoms with Crippen molar-refractivity contribution in [2.75, 3.05) is 18.6 Å². The van der Waals surface area contributed by atoms with Crippen molar-refractivity contribution in [1.82, 2.24) is 9.97 Å². The topological polar surface area (TPSA) is 62.0 Å². The lowest BCUT2D eigenvalue weighted by Crippen LogP contribution is -2.19. The number of hydrogen-bond donors (Lipinski definition) is 0. The van der Waals surface area contributed by atoms with Gasteiger partial charge in [0.1, 0.15) is 5.56 Å². The Labute approximate surface area is 131 Å². The van der Waals surface area contributed by atoms with Gasteiger partial charge in [0, 0.05) is 18.9 Å². The third kappa shape index (κ3) is 3.69. The molecule has 1 aromatic carbocycles. The van der Waals surface area contributed by atoms with Crippen LogP contribution >= 0.6 is 0 Å². The van der Waals surface area contributed by atoms with Gasteiger partial charge in [-0.2, -0.15) is 23.4 Å². The van der Waals surface area contributed by atoms with Gasteiger partial charge in [-0.15, -0.1) is 0 Å². The summed E-state index contributed by atoms with van der Waals surface area (Å²) >= 11 is 0. The molecule has 23 heavy (non-hydrogen) atoms. The summed E-state index contributed by atoms with van der Waals surface area (Å²) in [7, 11) is 1.45. The van der Waals surface area contributed by atoms with E-state index in [-0.39, 0.29) is 18.4 Å². The van der Waals surface area contributed by atoms with Crippen molar-refractivity contribution in [2.24, 2.45) is 0 Å². The average Bonchev–Trinajstić information content (AvgIpc) is 2.53. The Kier molecular flexibility index (Phi) is 4.69. The molecule has 0 aliphatic carbocycles. The molecule has 0 aliphatic rings. The van der Waals surface area contributed by atoms with Gasteiger partial charge >= 0.3 is 12.2 Å². The Hall–Kier alpha value is -2.82. The highest BCUT2D eigenvalue weighted by molar-refractivity contribution is 5.63. The summed E-state index contributed by atoms with van der Waals surface area (Å²) in [5.74, 6) is -0.319. The Morgan fingerprint density at radius 3 is 2.43 bits per heavy atom. The first kappa shape index (κ1) is 16.5. The average molecular weight is 322 g/mol. The molecule has 0 atom stereocenters. The number of nitrogens with zero attached hydrogens (tertiary/aromatic N) is 4. The molecular formula is C15H13F3N4O. The highest BCUT2D eigenvalue weighted by Gasteiger charge is 2.36. The predicted molar refractivity (Wildman–Crippen MR) is 77.4 cm³/mol. The van der Waals surface area contributed by atoms with Gasteiger partial charge in [-0.05, 0) is 31.2 Å². The van der Waals surface area contributed by atoms with Crippen molar-refractivity contribution >= 4 is 11.5 Å². The van der Waals surface area contributed by atoms with Crippen LogP contribution < -0.4 is 9.64 Å². The lowest BCUT2D eigenvalue weighted by Gasteiger charge is -2.22. The van der Waals surface area contributed by atoms with Gasteiger partial charge in [-0.3, -0.25) is 0 Å². The van der Waals surface area contributed by atoms with Gasteiger partial charge < -0.3 is 9.64 Å². The number of ether oxygens (including phenoxy) is 1. The lowest BCUT2D eigenvalue weighted by molar-refractivity contribution is -0.137. The molecule has 0 spiro atoms. The number of hydrogen-bond acceptors (Lipinski definition) is 5. The van der Waals surface area contributed by atoms with E-state index in [0.29, 0.717) is 17.4 Å². The molecule has 1 aromatic heterocycles. The number of aromatic nitrogens is 2. The van der Waals surface area contributed by atoms with E-state index in [4.69, 9.17) is 10.00 Å². The Morgan fingerprint density at radius 1 is 1.26 bits per heavy atom. The summed E-state index contributed by atoms with van der Waals surface area (Å²) in [6.07, 6.45) is -3.89. The van der Waals surface area contributed by atoms with Gasteiger partial charge in [-0.25, -0.2) is 4.98 Å². The monoisotopic (exact) mass is 322 g/mol. The van der Waals surface area contributed by atoms with Crippen LogP contribution in [-0.2, 0) is 6.18 Å². The third-order valence-corrected chi connectivity index (χ3v) is 3.03. The molecule has 0 saturated carbocycles. The van der Waals surface area contributed by atoms with E-state index in [2.05, 4.69) is 9.97 Å². The summed E-state index contributed by atoms with van der Waals surface area (Å²) in [6.45, 7) is 1.93. The van der Waals surface area contributed by atoms with E-state index in [1.165, 1.54) is 24.1 Å². The minimum absolute atomic E-state index is 0.129. The van der Waals surface area contributed by atoms with Crippen LogP contribution in [0, 0.1) is 11.3 Å². The second kappa shape index (κ2) is 6.52. The van der Waals surface area contributed by atoms with Crippen molar-refractivity contribution in [3.63, 3.8) is 0 Å². The number of rotatable bonds is 4. The molecule has 0 fully saturated rings. The standard InChI is InChI=1S/C15H13F3N4O/c1-3-23-14-20-9-12(15(16,17)18)13(21-14)22(2)11-6-4-10(8-19)5-7-11/h4-7,9H,3H2,1-2H3. The highest BCUT2D eigenvalue weighted by Crippen LogP contribution is 2.37. The summed E-state index contributed by atoms with van der Waals surface area (Å²) in [4.78, 5) is 8.70. The molecule has 0 aliphatic heterocycles. The molecule has 0 radical (unpaired) electrons. The van der Waals surface area contributed by atoms with Gasteiger partial charge in [0.05, 0.1) is 18.2 Å². The van der Waals surface area contributed by atoms with Crippen LogP contribution in [0.3, 0.4) is 0 Å². The smallest absolute Gasteiger partial charge is 0.421 e. The molecule has 0 saturated heterocycles. The van der Waals surface area contributed by atoms with Gasteiger partial charge in [-0.1, -0.05) is 0 Å². The molecule has 1 heterocycles. The van der Waals surface area contributed by atoms with Crippen LogP contribution in [-0.4, -0.2) is 23.6 Å². The quantitative estimate of drug-likeness (QED) is 0.861. The number of benzene rings is 1. The van der Waals surface area contributed by atoms with E-state index in [1.807, 2.05) is 6.07 Å². The first-order valence-electron chi connectivity index (χ1n) is 6.67. The van der Waals surface area contributed by atoms with Gasteiger partial charge in [0.15, 0.2) is 5.82 Å². The zero-order chi connectivity index (χ0) is 17.0. The Morgan fingerprint density at radius 2 is 1.91 bits per heavy atom. The van der Waals surface area contributed by atoms with E-state index in [1.54, 1.807) is 19.1 Å². The predicted octanol–water partition coefficient (Wildman–Crippen LogP) is 3.53. The molecule has 120 valence electrons. The fourth-order valence-corrected chi connectivity index (χ4v) is 1.89. The summed E-state index contributed by atoms with van der Waals surface area (Å²) in [5, 5.41) is 8.78. The maximum absolute atomic E-state index is 13.2. The zero-order valence-electron chi connectivity index (χ0n) is 12.4. The first-order chi connectivity index (χ1) is 10.9. The summed E-state index contributed by atoms with van der Waals surface area (Å²) in [6, 6.07) is 7.94. The molecule has 0 amide bonds. The maximum Gasteiger partial charge on any atom is 0.421 e. The van der Waals surface area contributed by atoms with Crippen LogP contribution in [0.4, 0.5) is 24.7 Å². The molecule has 0 bridgehead atoms. The molecular weight excluding hydrogens is 309 g/mol. The fraction of sp³-hybridized carbons (Fsp3) is 0.267. The summed E-state index contributed by atoms with van der Waals surface area (Å²) < 4.78 is 44.6. The number of nitriles is 1. The lowest BCUT2D eigenvalue weighted by atomic mass is 10.2. The van der Waals surface area contributed by atoms with Crippen LogP contribution in [0.2, 0.25) is 0 Å². The van der Waals surface area contributed by atoms with Crippen LogP contribution in [0.15, 0.2) is 30.5 Å². The fourth-order valence-electron chi connectivity index (χ4n) is 1.89. The molecule has 2 aromatic rings. The van der Waals surface area contributed by atoms with E-state index in [0.717, 1.165) is 0 Å². The number of anilines is 2. The normalized spacial score (nSPS) is 11.0. The van der Waals surface area contributed by atoms with Crippen molar-refractivity contribution in [1.29, 1.82) is 5.26 Å². The van der Waals surface area contributed by atoms with Crippen molar-refractivity contribution in [2.45, 2.75) is 13.1 Å². The van der Waals surface area contributed by atoms with Gasteiger partial charge in [0.2, 0.25) is 0 Å². The van der Waals surface area contributed by atoms with Crippen LogP contribution in [0.1, 0.15) is 18.1 Å². The van der Waals surface area contributed by atoms with Gasteiger partial charge in [0.25, 0.3) is 0 Å². The van der Waals surface area contributed by atoms with E-state index < -0.39 is 11.7 Å². The SMILES string of the molecule is CCOc1ncc(C(F)(F)F)c(N(C)c2ccc(C#N)cc2)n1. The molecule has 0 unspecified atom stereocenters. The first-order valence-corrected chi connectivity index (χ1v) is 6.67. The second-order valence-electron chi connectivity index (χ2n) is 4.54. The Balaban J connectivity index is 2.49. The third-order valence-electron chi connectivity index (χ3n) is 3.03. The largest absolute Gasteiger partial charge is 0.464 e. The molecule has 2 rings (SSSR count). The highest BCUT2D eigenvalue weighted by atomic mass is 19.4. The number of alkyl halides is 3. The van der Waals surface area contributed by atoms with Crippen LogP contribution in [0.5, 0.6) is 6.01 Å².